The minimum Gasteiger partial charge on any atom is -0.445 e. The number of hydrogen-bond donors (Lipinski definition) is 1. The summed E-state index contributed by atoms with van der Waals surface area (Å²) in [6.07, 6.45) is 0.512. The molecule has 1 N–H and O–H groups in total. The van der Waals surface area contributed by atoms with Crippen LogP contribution in [0.3, 0.4) is 0 Å². The molecule has 5 heteroatoms. The minimum atomic E-state index is -2.69. The molecule has 0 saturated carbocycles. The van der Waals surface area contributed by atoms with E-state index >= 15 is 0 Å². The zero-order valence-electron chi connectivity index (χ0n) is 21.7. The fourth-order valence-electron chi connectivity index (χ4n) is 4.53. The van der Waals surface area contributed by atoms with Gasteiger partial charge in [0, 0.05) is 0 Å². The quantitative estimate of drug-likeness (QED) is 0.361. The number of alkyl carbamates (subject to hydrolysis) is 1. The number of amides is 1. The van der Waals surface area contributed by atoms with Crippen molar-refractivity contribution in [1.29, 1.82) is 0 Å². The monoisotopic (exact) mass is 489 g/mol. The topological polar surface area (TPSA) is 47.6 Å². The summed E-state index contributed by atoms with van der Waals surface area (Å²) >= 11 is 0. The predicted molar refractivity (Wildman–Crippen MR) is 147 cm³/mol. The van der Waals surface area contributed by atoms with Gasteiger partial charge in [-0.25, -0.2) is 4.79 Å². The van der Waals surface area contributed by atoms with Crippen LogP contribution in [0.2, 0.25) is 5.04 Å². The van der Waals surface area contributed by atoms with Gasteiger partial charge in [-0.2, -0.15) is 0 Å². The van der Waals surface area contributed by atoms with Gasteiger partial charge in [-0.05, 0) is 26.9 Å². The lowest BCUT2D eigenvalue weighted by Gasteiger charge is -2.44. The molecule has 3 aromatic carbocycles. The molecular formula is C30H39NO3Si. The van der Waals surface area contributed by atoms with E-state index in [1.54, 1.807) is 0 Å². The Morgan fingerprint density at radius 2 is 1.34 bits per heavy atom. The van der Waals surface area contributed by atoms with Gasteiger partial charge in [-0.3, -0.25) is 0 Å². The largest absolute Gasteiger partial charge is 0.445 e. The summed E-state index contributed by atoms with van der Waals surface area (Å²) in [4.78, 5) is 12.7. The Hall–Kier alpha value is -2.89. The molecule has 186 valence electrons. The fraction of sp³-hybridized carbons (Fsp3) is 0.367. The summed E-state index contributed by atoms with van der Waals surface area (Å²) in [5.41, 5.74) is 0.964. The van der Waals surface area contributed by atoms with E-state index in [4.69, 9.17) is 9.16 Å². The maximum absolute atomic E-state index is 12.7. The van der Waals surface area contributed by atoms with Crippen LogP contribution < -0.4 is 15.7 Å². The second kappa shape index (κ2) is 12.2. The van der Waals surface area contributed by atoms with E-state index in [2.05, 4.69) is 88.5 Å². The molecule has 0 aliphatic heterocycles. The molecule has 0 aliphatic carbocycles. The third-order valence-electron chi connectivity index (χ3n) is 6.74. The van der Waals surface area contributed by atoms with Crippen LogP contribution >= 0.6 is 0 Å². The predicted octanol–water partition coefficient (Wildman–Crippen LogP) is 5.90. The van der Waals surface area contributed by atoms with Crippen molar-refractivity contribution in [1.82, 2.24) is 5.32 Å². The molecule has 35 heavy (non-hydrogen) atoms. The van der Waals surface area contributed by atoms with Crippen molar-refractivity contribution in [2.24, 2.45) is 5.92 Å². The molecule has 0 spiro atoms. The van der Waals surface area contributed by atoms with Crippen molar-refractivity contribution >= 4 is 24.8 Å². The van der Waals surface area contributed by atoms with Gasteiger partial charge in [0.05, 0.1) is 12.6 Å². The normalized spacial score (nSPS) is 13.6. The van der Waals surface area contributed by atoms with Gasteiger partial charge in [0.1, 0.15) is 6.61 Å². The Morgan fingerprint density at radius 3 is 1.80 bits per heavy atom. The maximum Gasteiger partial charge on any atom is 0.407 e. The molecule has 0 bridgehead atoms. The third kappa shape index (κ3) is 6.62. The SMILES string of the molecule is CC[C@H](C)[C@@H](CO[Si](c1ccccc1)(c1ccccc1)C(C)(C)C)NC(=O)OCc1ccccc1. The third-order valence-corrected chi connectivity index (χ3v) is 11.7. The zero-order chi connectivity index (χ0) is 25.3. The van der Waals surface area contributed by atoms with E-state index in [1.807, 2.05) is 42.5 Å². The lowest BCUT2D eigenvalue weighted by Crippen LogP contribution is -2.67. The van der Waals surface area contributed by atoms with Crippen LogP contribution in [-0.2, 0) is 15.8 Å². The number of benzene rings is 3. The Labute approximate surface area is 211 Å². The molecular weight excluding hydrogens is 450 g/mol. The molecule has 1 amide bonds. The molecule has 0 aromatic heterocycles. The van der Waals surface area contributed by atoms with E-state index in [0.29, 0.717) is 6.61 Å². The first-order valence-corrected chi connectivity index (χ1v) is 14.4. The van der Waals surface area contributed by atoms with Gasteiger partial charge in [-0.1, -0.05) is 132 Å². The second-order valence-electron chi connectivity index (χ2n) is 10.2. The first-order valence-electron chi connectivity index (χ1n) is 12.5. The summed E-state index contributed by atoms with van der Waals surface area (Å²) < 4.78 is 12.6. The van der Waals surface area contributed by atoms with Crippen LogP contribution in [0.5, 0.6) is 0 Å². The van der Waals surface area contributed by atoms with Crippen LogP contribution in [-0.4, -0.2) is 27.1 Å². The zero-order valence-corrected chi connectivity index (χ0v) is 22.7. The summed E-state index contributed by atoms with van der Waals surface area (Å²) in [5.74, 6) is 0.234. The highest BCUT2D eigenvalue weighted by Crippen LogP contribution is 2.37. The van der Waals surface area contributed by atoms with Crippen LogP contribution in [0.4, 0.5) is 4.79 Å². The van der Waals surface area contributed by atoms with E-state index in [-0.39, 0.29) is 23.6 Å². The summed E-state index contributed by atoms with van der Waals surface area (Å²) in [6, 6.07) is 30.7. The molecule has 0 heterocycles. The maximum atomic E-state index is 12.7. The molecule has 3 aromatic rings. The lowest BCUT2D eigenvalue weighted by atomic mass is 10.0. The molecule has 2 atom stereocenters. The van der Waals surface area contributed by atoms with Crippen LogP contribution in [0.25, 0.3) is 0 Å². The standard InChI is InChI=1S/C30H39NO3Si/c1-6-24(2)28(31-29(32)33-22-25-16-10-7-11-17-25)23-34-35(30(3,4)5,26-18-12-8-13-19-26)27-20-14-9-15-21-27/h7-21,24,28H,6,22-23H2,1-5H3,(H,31,32)/t24-,28+/m0/s1. The van der Waals surface area contributed by atoms with Crippen molar-refractivity contribution in [3.63, 3.8) is 0 Å². The number of ether oxygens (including phenoxy) is 1. The van der Waals surface area contributed by atoms with Gasteiger partial charge >= 0.3 is 6.09 Å². The van der Waals surface area contributed by atoms with Gasteiger partial charge in [0.25, 0.3) is 8.32 Å². The first kappa shape index (κ1) is 26.7. The van der Waals surface area contributed by atoms with Gasteiger partial charge in [0.2, 0.25) is 0 Å². The highest BCUT2D eigenvalue weighted by atomic mass is 28.4. The highest BCUT2D eigenvalue weighted by molar-refractivity contribution is 6.99. The van der Waals surface area contributed by atoms with Crippen LogP contribution in [0, 0.1) is 5.92 Å². The van der Waals surface area contributed by atoms with Crippen LogP contribution in [0.15, 0.2) is 91.0 Å². The summed E-state index contributed by atoms with van der Waals surface area (Å²) in [5, 5.41) is 5.44. The van der Waals surface area contributed by atoms with Crippen molar-refractivity contribution in [2.75, 3.05) is 6.61 Å². The Balaban J connectivity index is 1.85. The smallest absolute Gasteiger partial charge is 0.407 e. The number of hydrogen-bond acceptors (Lipinski definition) is 3. The number of nitrogens with one attached hydrogen (secondary N) is 1. The average molecular weight is 490 g/mol. The van der Waals surface area contributed by atoms with Crippen LogP contribution in [0.1, 0.15) is 46.6 Å². The van der Waals surface area contributed by atoms with Gasteiger partial charge in [-0.15, -0.1) is 0 Å². The molecule has 0 radical (unpaired) electrons. The number of carbonyl (C=O) groups is 1. The summed E-state index contributed by atoms with van der Waals surface area (Å²) in [7, 11) is -2.69. The van der Waals surface area contributed by atoms with Crippen molar-refractivity contribution in [3.8, 4) is 0 Å². The number of rotatable bonds is 10. The van der Waals surface area contributed by atoms with Gasteiger partial charge in [0.15, 0.2) is 0 Å². The van der Waals surface area contributed by atoms with Crippen molar-refractivity contribution < 1.29 is 14.0 Å². The van der Waals surface area contributed by atoms with Crippen molar-refractivity contribution in [3.05, 3.63) is 96.6 Å². The van der Waals surface area contributed by atoms with E-state index < -0.39 is 14.4 Å². The number of carbonyl (C=O) groups excluding carboxylic acids is 1. The second-order valence-corrected chi connectivity index (χ2v) is 14.5. The minimum absolute atomic E-state index is 0.122. The molecule has 0 aliphatic rings. The Morgan fingerprint density at radius 1 is 0.857 bits per heavy atom. The Bertz CT molecular complexity index is 996. The van der Waals surface area contributed by atoms with Crippen molar-refractivity contribution in [2.45, 2.75) is 58.7 Å². The summed E-state index contributed by atoms with van der Waals surface area (Å²) in [6.45, 7) is 11.7. The molecule has 3 rings (SSSR count). The lowest BCUT2D eigenvalue weighted by molar-refractivity contribution is 0.123. The molecule has 0 unspecified atom stereocenters. The molecule has 0 saturated heterocycles. The fourth-order valence-corrected chi connectivity index (χ4v) is 9.11. The van der Waals surface area contributed by atoms with Gasteiger partial charge < -0.3 is 14.5 Å². The molecule has 0 fully saturated rings. The molecule has 4 nitrogen and oxygen atoms in total. The van der Waals surface area contributed by atoms with E-state index in [9.17, 15) is 4.79 Å². The average Bonchev–Trinajstić information content (AvgIpc) is 2.87. The van der Waals surface area contributed by atoms with E-state index in [1.165, 1.54) is 10.4 Å². The highest BCUT2D eigenvalue weighted by Gasteiger charge is 2.50. The Kier molecular flexibility index (Phi) is 9.30. The van der Waals surface area contributed by atoms with E-state index in [0.717, 1.165) is 12.0 Å². The first-order chi connectivity index (χ1) is 16.8.